The number of hydrogen-bond donors (Lipinski definition) is 2. The predicted molar refractivity (Wildman–Crippen MR) is 76.8 cm³/mol. The van der Waals surface area contributed by atoms with Gasteiger partial charge in [0.05, 0.1) is 9.82 Å². The van der Waals surface area contributed by atoms with Crippen LogP contribution >= 0.6 is 0 Å². The Kier molecular flexibility index (Phi) is 4.88. The molecular formula is C12H18N4O4S. The molecule has 1 fully saturated rings. The van der Waals surface area contributed by atoms with Gasteiger partial charge in [0.15, 0.2) is 0 Å². The second-order valence-electron chi connectivity index (χ2n) is 5.01. The lowest BCUT2D eigenvalue weighted by molar-refractivity contribution is -0.384. The number of sulfonamides is 1. The zero-order valence-electron chi connectivity index (χ0n) is 11.4. The van der Waals surface area contributed by atoms with Crippen LogP contribution in [0.4, 0.5) is 5.69 Å². The van der Waals surface area contributed by atoms with Gasteiger partial charge in [0.25, 0.3) is 15.7 Å². The maximum Gasteiger partial charge on any atom is 0.269 e. The third kappa shape index (κ3) is 3.97. The zero-order chi connectivity index (χ0) is 15.5. The molecule has 1 saturated heterocycles. The molecule has 0 saturated carbocycles. The molecule has 2 rings (SSSR count). The number of nitrogens with one attached hydrogen (secondary N) is 1. The second kappa shape index (κ2) is 6.48. The number of piperidine rings is 1. The van der Waals surface area contributed by atoms with E-state index in [0.717, 1.165) is 12.8 Å². The average molecular weight is 314 g/mol. The molecule has 3 N–H and O–H groups in total. The molecule has 0 amide bonds. The molecular weight excluding hydrogens is 296 g/mol. The maximum atomic E-state index is 12.2. The normalized spacial score (nSPS) is 17.8. The lowest BCUT2D eigenvalue weighted by atomic mass is 9.98. The van der Waals surface area contributed by atoms with Crippen molar-refractivity contribution in [2.45, 2.75) is 17.7 Å². The summed E-state index contributed by atoms with van der Waals surface area (Å²) in [5, 5.41) is 12.2. The molecule has 0 aliphatic carbocycles. The van der Waals surface area contributed by atoms with Crippen LogP contribution < -0.4 is 10.6 Å². The lowest BCUT2D eigenvalue weighted by Crippen LogP contribution is -2.47. The highest BCUT2D eigenvalue weighted by molar-refractivity contribution is 7.89. The Hall–Kier alpha value is -1.55. The number of nitrogens with two attached hydrogens (primary N) is 1. The van der Waals surface area contributed by atoms with Crippen molar-refractivity contribution in [3.05, 3.63) is 34.4 Å². The first-order valence-corrected chi connectivity index (χ1v) is 8.12. The summed E-state index contributed by atoms with van der Waals surface area (Å²) in [5.74, 6) is 0.435. The van der Waals surface area contributed by atoms with Crippen LogP contribution in [0.25, 0.3) is 0 Å². The van der Waals surface area contributed by atoms with Crippen LogP contribution in [0.15, 0.2) is 29.2 Å². The van der Waals surface area contributed by atoms with E-state index in [2.05, 4.69) is 4.83 Å². The fourth-order valence-electron chi connectivity index (χ4n) is 2.23. The van der Waals surface area contributed by atoms with E-state index in [4.69, 9.17) is 5.73 Å². The van der Waals surface area contributed by atoms with Crippen LogP contribution in [-0.2, 0) is 10.0 Å². The highest BCUT2D eigenvalue weighted by atomic mass is 32.2. The number of non-ortho nitro benzene ring substituents is 1. The van der Waals surface area contributed by atoms with Gasteiger partial charge in [-0.1, -0.05) is 0 Å². The third-order valence-electron chi connectivity index (χ3n) is 3.55. The van der Waals surface area contributed by atoms with Crippen molar-refractivity contribution in [2.75, 3.05) is 19.6 Å². The van der Waals surface area contributed by atoms with Gasteiger partial charge in [0.2, 0.25) is 0 Å². The van der Waals surface area contributed by atoms with E-state index >= 15 is 0 Å². The second-order valence-corrected chi connectivity index (χ2v) is 6.67. The summed E-state index contributed by atoms with van der Waals surface area (Å²) in [6.07, 6.45) is 1.69. The van der Waals surface area contributed by atoms with Crippen LogP contribution in [0.2, 0.25) is 0 Å². The standard InChI is InChI=1S/C12H18N4O4S/c13-9-10-5-7-15(8-6-10)14-21(19,20)12-3-1-11(2-4-12)16(17)18/h1-4,10,14H,5-9,13H2. The lowest BCUT2D eigenvalue weighted by Gasteiger charge is -2.31. The number of nitro groups is 1. The van der Waals surface area contributed by atoms with Gasteiger partial charge in [0, 0.05) is 25.2 Å². The molecule has 0 radical (unpaired) electrons. The predicted octanol–water partition coefficient (Wildman–Crippen LogP) is 0.459. The minimum absolute atomic E-state index is 0.00838. The smallest absolute Gasteiger partial charge is 0.269 e. The van der Waals surface area contributed by atoms with Crippen LogP contribution in [0, 0.1) is 16.0 Å². The van der Waals surface area contributed by atoms with Crippen molar-refractivity contribution in [2.24, 2.45) is 11.7 Å². The molecule has 1 heterocycles. The maximum absolute atomic E-state index is 12.2. The molecule has 0 bridgehead atoms. The number of hydrazine groups is 1. The van der Waals surface area contributed by atoms with E-state index in [1.807, 2.05) is 0 Å². The van der Waals surface area contributed by atoms with Crippen LogP contribution in [0.1, 0.15) is 12.8 Å². The minimum Gasteiger partial charge on any atom is -0.330 e. The molecule has 0 spiro atoms. The van der Waals surface area contributed by atoms with Crippen LogP contribution in [0.5, 0.6) is 0 Å². The topological polar surface area (TPSA) is 119 Å². The summed E-state index contributed by atoms with van der Waals surface area (Å²) in [6.45, 7) is 1.82. The highest BCUT2D eigenvalue weighted by Crippen LogP contribution is 2.18. The molecule has 116 valence electrons. The van der Waals surface area contributed by atoms with Gasteiger partial charge in [-0.3, -0.25) is 10.1 Å². The van der Waals surface area contributed by atoms with Crippen molar-refractivity contribution in [3.8, 4) is 0 Å². The van der Waals surface area contributed by atoms with Gasteiger partial charge in [-0.2, -0.15) is 0 Å². The Morgan fingerprint density at radius 3 is 2.33 bits per heavy atom. The summed E-state index contributed by atoms with van der Waals surface area (Å²) in [4.78, 5) is 12.5. The molecule has 8 nitrogen and oxygen atoms in total. The number of nitrogens with zero attached hydrogens (tertiary/aromatic N) is 2. The van der Waals surface area contributed by atoms with E-state index in [1.165, 1.54) is 24.3 Å². The van der Waals surface area contributed by atoms with Gasteiger partial charge < -0.3 is 5.73 Å². The first kappa shape index (κ1) is 15.8. The fraction of sp³-hybridized carbons (Fsp3) is 0.500. The molecule has 0 unspecified atom stereocenters. The quantitative estimate of drug-likeness (QED) is 0.602. The molecule has 1 aliphatic rings. The number of hydrogen-bond acceptors (Lipinski definition) is 6. The largest absolute Gasteiger partial charge is 0.330 e. The first-order valence-electron chi connectivity index (χ1n) is 6.64. The summed E-state index contributed by atoms with van der Waals surface area (Å²) in [7, 11) is -3.70. The van der Waals surface area contributed by atoms with Crippen LogP contribution in [-0.4, -0.2) is 38.0 Å². The molecule has 0 aromatic heterocycles. The first-order chi connectivity index (χ1) is 9.92. The minimum atomic E-state index is -3.70. The van der Waals surface area contributed by atoms with Gasteiger partial charge in [-0.25, -0.2) is 13.4 Å². The van der Waals surface area contributed by atoms with E-state index in [-0.39, 0.29) is 10.6 Å². The Labute approximate surface area is 123 Å². The SMILES string of the molecule is NCC1CCN(NS(=O)(=O)c2ccc([N+](=O)[O-])cc2)CC1. The van der Waals surface area contributed by atoms with E-state index in [0.29, 0.717) is 25.6 Å². The summed E-state index contributed by atoms with van der Waals surface area (Å²) in [6, 6.07) is 4.81. The van der Waals surface area contributed by atoms with Crippen LogP contribution in [0.3, 0.4) is 0 Å². The number of benzene rings is 1. The van der Waals surface area contributed by atoms with Crippen molar-refractivity contribution in [1.82, 2.24) is 9.84 Å². The Balaban J connectivity index is 2.03. The molecule has 0 atom stereocenters. The highest BCUT2D eigenvalue weighted by Gasteiger charge is 2.23. The molecule has 1 aromatic carbocycles. The summed E-state index contributed by atoms with van der Waals surface area (Å²) >= 11 is 0. The van der Waals surface area contributed by atoms with Gasteiger partial charge in [-0.05, 0) is 37.4 Å². The Morgan fingerprint density at radius 1 is 1.29 bits per heavy atom. The van der Waals surface area contributed by atoms with E-state index in [9.17, 15) is 18.5 Å². The fourth-order valence-corrected chi connectivity index (χ4v) is 3.35. The molecule has 9 heteroatoms. The average Bonchev–Trinajstić information content (AvgIpc) is 2.48. The van der Waals surface area contributed by atoms with Gasteiger partial charge in [0.1, 0.15) is 0 Å². The monoisotopic (exact) mass is 314 g/mol. The molecule has 1 aromatic rings. The van der Waals surface area contributed by atoms with Crippen molar-refractivity contribution < 1.29 is 13.3 Å². The molecule has 1 aliphatic heterocycles. The van der Waals surface area contributed by atoms with Gasteiger partial charge in [-0.15, -0.1) is 4.83 Å². The molecule has 21 heavy (non-hydrogen) atoms. The van der Waals surface area contributed by atoms with E-state index in [1.54, 1.807) is 5.01 Å². The number of nitro benzene ring substituents is 1. The zero-order valence-corrected chi connectivity index (χ0v) is 12.3. The van der Waals surface area contributed by atoms with Crippen molar-refractivity contribution in [3.63, 3.8) is 0 Å². The Bertz CT molecular complexity index is 594. The summed E-state index contributed by atoms with van der Waals surface area (Å²) in [5.41, 5.74) is 5.45. The van der Waals surface area contributed by atoms with Gasteiger partial charge >= 0.3 is 0 Å². The third-order valence-corrected chi connectivity index (χ3v) is 4.95. The van der Waals surface area contributed by atoms with Crippen molar-refractivity contribution >= 4 is 15.7 Å². The Morgan fingerprint density at radius 2 is 1.86 bits per heavy atom. The summed E-state index contributed by atoms with van der Waals surface area (Å²) < 4.78 is 24.4. The van der Waals surface area contributed by atoms with Crippen molar-refractivity contribution in [1.29, 1.82) is 0 Å². The van der Waals surface area contributed by atoms with E-state index < -0.39 is 14.9 Å². The number of rotatable bonds is 5.